The third-order valence-electron chi connectivity index (χ3n) is 2.91. The van der Waals surface area contributed by atoms with Crippen molar-refractivity contribution in [3.63, 3.8) is 0 Å². The van der Waals surface area contributed by atoms with Crippen LogP contribution < -0.4 is 4.74 Å². The number of halogens is 2. The van der Waals surface area contributed by atoms with Crippen LogP contribution in [0.4, 0.5) is 4.39 Å². The molecule has 0 aliphatic heterocycles. The minimum absolute atomic E-state index is 0.279. The summed E-state index contributed by atoms with van der Waals surface area (Å²) >= 11 is 3.27. The molecule has 4 heteroatoms. The Labute approximate surface area is 124 Å². The summed E-state index contributed by atoms with van der Waals surface area (Å²) in [5, 5.41) is 1.06. The average molecular weight is 332 g/mol. The van der Waals surface area contributed by atoms with Gasteiger partial charge in [-0.05, 0) is 42.0 Å². The Bertz CT molecular complexity index is 740. The molecule has 0 spiro atoms. The van der Waals surface area contributed by atoms with E-state index in [1.165, 1.54) is 12.1 Å². The van der Waals surface area contributed by atoms with E-state index in [2.05, 4.69) is 20.9 Å². The highest BCUT2D eigenvalue weighted by Gasteiger charge is 2.02. The topological polar surface area (TPSA) is 22.1 Å². The fourth-order valence-corrected chi connectivity index (χ4v) is 2.51. The molecule has 20 heavy (non-hydrogen) atoms. The van der Waals surface area contributed by atoms with E-state index < -0.39 is 0 Å². The molecule has 3 aromatic rings. The molecule has 0 saturated carbocycles. The lowest BCUT2D eigenvalue weighted by Gasteiger charge is -2.07. The number of rotatable bonds is 3. The number of pyridine rings is 1. The van der Waals surface area contributed by atoms with Gasteiger partial charge in [-0.2, -0.15) is 0 Å². The number of fused-ring (bicyclic) bond motifs is 1. The van der Waals surface area contributed by atoms with Crippen molar-refractivity contribution in [3.8, 4) is 5.75 Å². The van der Waals surface area contributed by atoms with E-state index >= 15 is 0 Å². The Morgan fingerprint density at radius 2 is 2.00 bits per heavy atom. The van der Waals surface area contributed by atoms with Crippen LogP contribution >= 0.6 is 15.9 Å². The van der Waals surface area contributed by atoms with Crippen LogP contribution in [-0.2, 0) is 6.61 Å². The number of nitrogens with zero attached hydrogens (tertiary/aromatic N) is 1. The van der Waals surface area contributed by atoms with Gasteiger partial charge in [0.15, 0.2) is 0 Å². The van der Waals surface area contributed by atoms with Crippen LogP contribution in [0.1, 0.15) is 5.56 Å². The molecule has 0 atom stereocenters. The van der Waals surface area contributed by atoms with Crippen LogP contribution in [0.15, 0.2) is 59.2 Å². The van der Waals surface area contributed by atoms with Gasteiger partial charge in [0.1, 0.15) is 18.2 Å². The van der Waals surface area contributed by atoms with E-state index in [4.69, 9.17) is 4.74 Å². The van der Waals surface area contributed by atoms with Gasteiger partial charge >= 0.3 is 0 Å². The largest absolute Gasteiger partial charge is 0.489 e. The molecule has 0 unspecified atom stereocenters. The number of hydrogen-bond acceptors (Lipinski definition) is 2. The van der Waals surface area contributed by atoms with Gasteiger partial charge in [-0.25, -0.2) is 4.39 Å². The van der Waals surface area contributed by atoms with Crippen molar-refractivity contribution in [2.45, 2.75) is 6.61 Å². The molecular formula is C16H11BrFNO. The zero-order valence-electron chi connectivity index (χ0n) is 10.5. The lowest BCUT2D eigenvalue weighted by molar-refractivity contribution is 0.306. The zero-order chi connectivity index (χ0) is 13.9. The first-order valence-electron chi connectivity index (χ1n) is 6.13. The fourth-order valence-electron chi connectivity index (χ4n) is 2.00. The standard InChI is InChI=1S/C16H11BrFNO/c17-13-6-11(7-14(18)8-13)10-20-15-4-3-12-2-1-5-19-16(12)9-15/h1-9H,10H2. The molecule has 0 radical (unpaired) electrons. The first-order chi connectivity index (χ1) is 9.70. The predicted octanol–water partition coefficient (Wildman–Crippen LogP) is 4.72. The van der Waals surface area contributed by atoms with Crippen molar-refractivity contribution in [1.29, 1.82) is 0 Å². The molecule has 0 saturated heterocycles. The summed E-state index contributed by atoms with van der Waals surface area (Å²) in [5.41, 5.74) is 1.66. The summed E-state index contributed by atoms with van der Waals surface area (Å²) in [6.45, 7) is 0.314. The molecule has 0 N–H and O–H groups in total. The summed E-state index contributed by atoms with van der Waals surface area (Å²) in [7, 11) is 0. The molecule has 0 bridgehead atoms. The van der Waals surface area contributed by atoms with E-state index in [9.17, 15) is 4.39 Å². The highest BCUT2D eigenvalue weighted by molar-refractivity contribution is 9.10. The van der Waals surface area contributed by atoms with E-state index in [1.54, 1.807) is 6.20 Å². The maximum absolute atomic E-state index is 13.3. The summed E-state index contributed by atoms with van der Waals surface area (Å²) in [5.74, 6) is 0.440. The predicted molar refractivity (Wildman–Crippen MR) is 80.2 cm³/mol. The Balaban J connectivity index is 1.79. The molecular weight excluding hydrogens is 321 g/mol. The zero-order valence-corrected chi connectivity index (χ0v) is 12.1. The quantitative estimate of drug-likeness (QED) is 0.693. The molecule has 2 aromatic carbocycles. The Morgan fingerprint density at radius 3 is 2.85 bits per heavy atom. The van der Waals surface area contributed by atoms with Crippen LogP contribution in [0, 0.1) is 5.82 Å². The SMILES string of the molecule is Fc1cc(Br)cc(COc2ccc3cccnc3c2)c1. The number of hydrogen-bond donors (Lipinski definition) is 0. The van der Waals surface area contributed by atoms with Crippen LogP contribution in [-0.4, -0.2) is 4.98 Å². The van der Waals surface area contributed by atoms with Crippen molar-refractivity contribution in [2.75, 3.05) is 0 Å². The number of aromatic nitrogens is 1. The van der Waals surface area contributed by atoms with Gasteiger partial charge in [0, 0.05) is 22.1 Å². The molecule has 0 amide bonds. The van der Waals surface area contributed by atoms with Gasteiger partial charge < -0.3 is 4.74 Å². The highest BCUT2D eigenvalue weighted by atomic mass is 79.9. The van der Waals surface area contributed by atoms with Gasteiger partial charge in [0.25, 0.3) is 0 Å². The monoisotopic (exact) mass is 331 g/mol. The van der Waals surface area contributed by atoms with E-state index in [0.717, 1.165) is 22.2 Å². The molecule has 3 rings (SSSR count). The van der Waals surface area contributed by atoms with Gasteiger partial charge in [-0.15, -0.1) is 0 Å². The molecule has 1 heterocycles. The third-order valence-corrected chi connectivity index (χ3v) is 3.36. The van der Waals surface area contributed by atoms with Gasteiger partial charge in [-0.1, -0.05) is 22.0 Å². The third kappa shape index (κ3) is 2.96. The first-order valence-corrected chi connectivity index (χ1v) is 6.92. The van der Waals surface area contributed by atoms with E-state index in [1.807, 2.05) is 36.4 Å². The van der Waals surface area contributed by atoms with Crippen molar-refractivity contribution < 1.29 is 9.13 Å². The van der Waals surface area contributed by atoms with Gasteiger partial charge in [0.2, 0.25) is 0 Å². The Morgan fingerprint density at radius 1 is 1.10 bits per heavy atom. The second kappa shape index (κ2) is 5.59. The summed E-state index contributed by atoms with van der Waals surface area (Å²) in [6, 6.07) is 14.3. The number of benzene rings is 2. The van der Waals surface area contributed by atoms with E-state index in [-0.39, 0.29) is 5.82 Å². The molecule has 0 aliphatic rings. The lowest BCUT2D eigenvalue weighted by Crippen LogP contribution is -1.96. The van der Waals surface area contributed by atoms with Crippen molar-refractivity contribution in [3.05, 3.63) is 70.6 Å². The molecule has 2 nitrogen and oxygen atoms in total. The Hall–Kier alpha value is -1.94. The Kier molecular flexibility index (Phi) is 3.65. The van der Waals surface area contributed by atoms with Crippen molar-refractivity contribution >= 4 is 26.8 Å². The molecule has 0 fully saturated rings. The van der Waals surface area contributed by atoms with Crippen LogP contribution in [0.5, 0.6) is 5.75 Å². The maximum Gasteiger partial charge on any atom is 0.124 e. The maximum atomic E-state index is 13.3. The van der Waals surface area contributed by atoms with E-state index in [0.29, 0.717) is 11.1 Å². The second-order valence-electron chi connectivity index (χ2n) is 4.42. The minimum atomic E-state index is -0.279. The number of ether oxygens (including phenoxy) is 1. The second-order valence-corrected chi connectivity index (χ2v) is 5.34. The highest BCUT2D eigenvalue weighted by Crippen LogP contribution is 2.21. The van der Waals surface area contributed by atoms with Crippen molar-refractivity contribution in [1.82, 2.24) is 4.98 Å². The smallest absolute Gasteiger partial charge is 0.124 e. The first kappa shape index (κ1) is 13.1. The summed E-state index contributed by atoms with van der Waals surface area (Å²) in [4.78, 5) is 4.28. The van der Waals surface area contributed by atoms with Crippen LogP contribution in [0.3, 0.4) is 0 Å². The normalized spacial score (nSPS) is 10.7. The van der Waals surface area contributed by atoms with Crippen LogP contribution in [0.2, 0.25) is 0 Å². The fraction of sp³-hybridized carbons (Fsp3) is 0.0625. The summed E-state index contributed by atoms with van der Waals surface area (Å²) in [6.07, 6.45) is 1.75. The summed E-state index contributed by atoms with van der Waals surface area (Å²) < 4.78 is 19.7. The van der Waals surface area contributed by atoms with Crippen LogP contribution in [0.25, 0.3) is 10.9 Å². The average Bonchev–Trinajstić information content (AvgIpc) is 2.44. The van der Waals surface area contributed by atoms with Gasteiger partial charge in [-0.3, -0.25) is 4.98 Å². The molecule has 100 valence electrons. The van der Waals surface area contributed by atoms with Gasteiger partial charge in [0.05, 0.1) is 5.52 Å². The van der Waals surface area contributed by atoms with Crippen molar-refractivity contribution in [2.24, 2.45) is 0 Å². The minimum Gasteiger partial charge on any atom is -0.489 e. The molecule has 1 aromatic heterocycles. The lowest BCUT2D eigenvalue weighted by atomic mass is 10.2. The molecule has 0 aliphatic carbocycles.